The van der Waals surface area contributed by atoms with Crippen LogP contribution in [0, 0.1) is 0 Å². The Hall–Kier alpha value is -1.33. The average Bonchev–Trinajstić information content (AvgIpc) is 2.41. The number of amides is 1. The van der Waals surface area contributed by atoms with Crippen LogP contribution in [0.25, 0.3) is 0 Å². The Labute approximate surface area is 128 Å². The highest BCUT2D eigenvalue weighted by atomic mass is 79.9. The molecule has 2 aromatic carbocycles. The maximum absolute atomic E-state index is 12.2. The van der Waals surface area contributed by atoms with Gasteiger partial charge in [-0.25, -0.2) is 0 Å². The lowest BCUT2D eigenvalue weighted by molar-refractivity contribution is 0.102. The lowest BCUT2D eigenvalue weighted by atomic mass is 10.2. The zero-order chi connectivity index (χ0) is 13.8. The number of nitrogens with one attached hydrogen (secondary N) is 1. The molecule has 0 heterocycles. The Morgan fingerprint density at radius 2 is 1.84 bits per heavy atom. The fourth-order valence-electron chi connectivity index (χ4n) is 1.56. The number of halogens is 2. The average molecular weight is 385 g/mol. The summed E-state index contributed by atoms with van der Waals surface area (Å²) < 4.78 is 6.70. The third-order valence-electron chi connectivity index (χ3n) is 2.54. The van der Waals surface area contributed by atoms with Gasteiger partial charge in [0.15, 0.2) is 0 Å². The Balaban J connectivity index is 2.26. The highest BCUT2D eigenvalue weighted by Gasteiger charge is 2.11. The van der Waals surface area contributed by atoms with Gasteiger partial charge in [0.05, 0.1) is 18.4 Å². The van der Waals surface area contributed by atoms with E-state index in [9.17, 15) is 4.79 Å². The number of benzene rings is 2. The van der Waals surface area contributed by atoms with Crippen LogP contribution in [0.4, 0.5) is 5.69 Å². The first-order valence-corrected chi connectivity index (χ1v) is 7.10. The van der Waals surface area contributed by atoms with Crippen LogP contribution >= 0.6 is 31.9 Å². The van der Waals surface area contributed by atoms with Crippen LogP contribution in [0.3, 0.4) is 0 Å². The standard InChI is InChI=1S/C14H11Br2NO2/c1-19-9-6-7-12(16)13(8-9)17-14(18)10-4-2-3-5-11(10)15/h2-8H,1H3,(H,17,18). The van der Waals surface area contributed by atoms with Crippen molar-refractivity contribution in [2.45, 2.75) is 0 Å². The van der Waals surface area contributed by atoms with Gasteiger partial charge in [0.1, 0.15) is 5.75 Å². The summed E-state index contributed by atoms with van der Waals surface area (Å²) in [5.41, 5.74) is 1.25. The molecule has 0 fully saturated rings. The van der Waals surface area contributed by atoms with E-state index in [-0.39, 0.29) is 5.91 Å². The molecule has 0 atom stereocenters. The van der Waals surface area contributed by atoms with Crippen LogP contribution in [0.15, 0.2) is 51.4 Å². The van der Waals surface area contributed by atoms with E-state index in [1.165, 1.54) is 0 Å². The van der Waals surface area contributed by atoms with Crippen LogP contribution in [-0.4, -0.2) is 13.0 Å². The molecule has 2 rings (SSSR count). The highest BCUT2D eigenvalue weighted by Crippen LogP contribution is 2.28. The quantitative estimate of drug-likeness (QED) is 0.847. The molecule has 1 amide bonds. The van der Waals surface area contributed by atoms with E-state index in [4.69, 9.17) is 4.74 Å². The van der Waals surface area contributed by atoms with Crippen molar-refractivity contribution in [1.29, 1.82) is 0 Å². The van der Waals surface area contributed by atoms with Crippen molar-refractivity contribution >= 4 is 43.5 Å². The molecule has 2 aromatic rings. The van der Waals surface area contributed by atoms with Gasteiger partial charge < -0.3 is 10.1 Å². The molecule has 0 aliphatic carbocycles. The number of carbonyl (C=O) groups is 1. The first kappa shape index (κ1) is 14.1. The number of methoxy groups -OCH3 is 1. The molecule has 0 aliphatic heterocycles. The number of carbonyl (C=O) groups excluding carboxylic acids is 1. The van der Waals surface area contributed by atoms with Crippen LogP contribution in [0.5, 0.6) is 5.75 Å². The van der Waals surface area contributed by atoms with E-state index in [1.807, 2.05) is 30.3 Å². The van der Waals surface area contributed by atoms with E-state index in [1.54, 1.807) is 19.2 Å². The fourth-order valence-corrected chi connectivity index (χ4v) is 2.37. The smallest absolute Gasteiger partial charge is 0.256 e. The molecular formula is C14H11Br2NO2. The van der Waals surface area contributed by atoms with Crippen molar-refractivity contribution in [2.24, 2.45) is 0 Å². The SMILES string of the molecule is COc1ccc(Br)c(NC(=O)c2ccccc2Br)c1. The number of hydrogen-bond acceptors (Lipinski definition) is 2. The van der Waals surface area contributed by atoms with Gasteiger partial charge in [0.25, 0.3) is 5.91 Å². The molecule has 0 unspecified atom stereocenters. The summed E-state index contributed by atoms with van der Waals surface area (Å²) in [6.45, 7) is 0. The topological polar surface area (TPSA) is 38.3 Å². The van der Waals surface area contributed by atoms with Gasteiger partial charge in [-0.3, -0.25) is 4.79 Å². The van der Waals surface area contributed by atoms with E-state index in [0.717, 1.165) is 8.95 Å². The molecule has 19 heavy (non-hydrogen) atoms. The number of ether oxygens (including phenoxy) is 1. The summed E-state index contributed by atoms with van der Waals surface area (Å²) in [5.74, 6) is 0.507. The molecule has 0 bridgehead atoms. The summed E-state index contributed by atoms with van der Waals surface area (Å²) in [6.07, 6.45) is 0. The summed E-state index contributed by atoms with van der Waals surface area (Å²) >= 11 is 6.76. The molecular weight excluding hydrogens is 374 g/mol. The Morgan fingerprint density at radius 1 is 1.11 bits per heavy atom. The largest absolute Gasteiger partial charge is 0.497 e. The fraction of sp³-hybridized carbons (Fsp3) is 0.0714. The first-order valence-electron chi connectivity index (χ1n) is 5.51. The summed E-state index contributed by atoms with van der Waals surface area (Å²) in [6, 6.07) is 12.7. The van der Waals surface area contributed by atoms with Crippen LogP contribution in [0.1, 0.15) is 10.4 Å². The van der Waals surface area contributed by atoms with Gasteiger partial charge in [-0.1, -0.05) is 12.1 Å². The van der Waals surface area contributed by atoms with Gasteiger partial charge in [-0.05, 0) is 56.1 Å². The summed E-state index contributed by atoms with van der Waals surface area (Å²) in [7, 11) is 1.59. The number of anilines is 1. The molecule has 0 saturated carbocycles. The summed E-state index contributed by atoms with van der Waals surface area (Å²) in [4.78, 5) is 12.2. The molecule has 5 heteroatoms. The second-order valence-electron chi connectivity index (χ2n) is 3.78. The second kappa shape index (κ2) is 6.21. The van der Waals surface area contributed by atoms with Crippen LogP contribution in [0.2, 0.25) is 0 Å². The van der Waals surface area contributed by atoms with Gasteiger partial charge in [-0.2, -0.15) is 0 Å². The molecule has 98 valence electrons. The zero-order valence-electron chi connectivity index (χ0n) is 10.1. The second-order valence-corrected chi connectivity index (χ2v) is 5.49. The normalized spacial score (nSPS) is 10.1. The maximum atomic E-state index is 12.2. The van der Waals surface area contributed by atoms with Gasteiger partial charge in [0.2, 0.25) is 0 Å². The zero-order valence-corrected chi connectivity index (χ0v) is 13.3. The lowest BCUT2D eigenvalue weighted by Crippen LogP contribution is -2.12. The van der Waals surface area contributed by atoms with Crippen molar-refractivity contribution in [2.75, 3.05) is 12.4 Å². The molecule has 0 saturated heterocycles. The Morgan fingerprint density at radius 3 is 2.53 bits per heavy atom. The first-order chi connectivity index (χ1) is 9.11. The molecule has 1 N–H and O–H groups in total. The monoisotopic (exact) mass is 383 g/mol. The minimum absolute atomic E-state index is 0.179. The van der Waals surface area contributed by atoms with Crippen molar-refractivity contribution in [3.8, 4) is 5.75 Å². The Bertz CT molecular complexity index is 614. The van der Waals surface area contributed by atoms with E-state index < -0.39 is 0 Å². The minimum atomic E-state index is -0.179. The molecule has 0 spiro atoms. The lowest BCUT2D eigenvalue weighted by Gasteiger charge is -2.10. The predicted molar refractivity (Wildman–Crippen MR) is 82.8 cm³/mol. The minimum Gasteiger partial charge on any atom is -0.497 e. The molecule has 0 aliphatic rings. The van der Waals surface area contributed by atoms with E-state index in [0.29, 0.717) is 17.0 Å². The molecule has 0 radical (unpaired) electrons. The summed E-state index contributed by atoms with van der Waals surface area (Å²) in [5, 5.41) is 2.85. The van der Waals surface area contributed by atoms with Crippen molar-refractivity contribution < 1.29 is 9.53 Å². The highest BCUT2D eigenvalue weighted by molar-refractivity contribution is 9.11. The maximum Gasteiger partial charge on any atom is 0.256 e. The van der Waals surface area contributed by atoms with Crippen molar-refractivity contribution in [3.63, 3.8) is 0 Å². The molecule has 0 aromatic heterocycles. The molecule has 3 nitrogen and oxygen atoms in total. The van der Waals surface area contributed by atoms with Crippen molar-refractivity contribution in [1.82, 2.24) is 0 Å². The third-order valence-corrected chi connectivity index (χ3v) is 3.92. The number of rotatable bonds is 3. The third kappa shape index (κ3) is 3.36. The van der Waals surface area contributed by atoms with Gasteiger partial charge in [0, 0.05) is 15.0 Å². The predicted octanol–water partition coefficient (Wildman–Crippen LogP) is 4.47. The van der Waals surface area contributed by atoms with Gasteiger partial charge in [-0.15, -0.1) is 0 Å². The number of hydrogen-bond donors (Lipinski definition) is 1. The Kier molecular flexibility index (Phi) is 4.61. The van der Waals surface area contributed by atoms with Crippen LogP contribution < -0.4 is 10.1 Å². The van der Waals surface area contributed by atoms with Gasteiger partial charge >= 0.3 is 0 Å². The van der Waals surface area contributed by atoms with E-state index in [2.05, 4.69) is 37.2 Å². The van der Waals surface area contributed by atoms with Crippen LogP contribution in [-0.2, 0) is 0 Å². The van der Waals surface area contributed by atoms with E-state index >= 15 is 0 Å². The van der Waals surface area contributed by atoms with Crippen molar-refractivity contribution in [3.05, 3.63) is 57.0 Å².